The molecule has 1 aromatic heterocycles. The number of nitrogens with zero attached hydrogens (tertiary/aromatic N) is 2. The highest BCUT2D eigenvalue weighted by molar-refractivity contribution is 5.23. The van der Waals surface area contributed by atoms with Crippen LogP contribution in [0.2, 0.25) is 0 Å². The standard InChI is InChI=1S/C17H22FN3/c18-15-7-5-14(6-8-15)16-3-1-4-17(16)20-9-2-11-21-12-10-19-13-21/h5-8,10,12-13,16-17,20H,1-4,9,11H2/t16-,17-/m0/s1. The third kappa shape index (κ3) is 3.70. The van der Waals surface area contributed by atoms with Crippen LogP contribution in [0.15, 0.2) is 43.0 Å². The average molecular weight is 287 g/mol. The number of rotatable bonds is 6. The molecule has 0 amide bonds. The number of halogens is 1. The van der Waals surface area contributed by atoms with Crippen LogP contribution in [-0.2, 0) is 6.54 Å². The minimum absolute atomic E-state index is 0.151. The highest BCUT2D eigenvalue weighted by Crippen LogP contribution is 2.34. The summed E-state index contributed by atoms with van der Waals surface area (Å²) in [4.78, 5) is 4.05. The lowest BCUT2D eigenvalue weighted by molar-refractivity contribution is 0.460. The molecule has 4 heteroatoms. The quantitative estimate of drug-likeness (QED) is 0.826. The fraction of sp³-hybridized carbons (Fsp3) is 0.471. The molecule has 0 radical (unpaired) electrons. The summed E-state index contributed by atoms with van der Waals surface area (Å²) < 4.78 is 15.1. The van der Waals surface area contributed by atoms with Gasteiger partial charge in [-0.15, -0.1) is 0 Å². The summed E-state index contributed by atoms with van der Waals surface area (Å²) in [5.41, 5.74) is 1.26. The van der Waals surface area contributed by atoms with E-state index in [4.69, 9.17) is 0 Å². The number of aryl methyl sites for hydroxylation is 1. The molecule has 0 unspecified atom stereocenters. The maximum Gasteiger partial charge on any atom is 0.123 e. The number of imidazole rings is 1. The van der Waals surface area contributed by atoms with Crippen LogP contribution in [0.5, 0.6) is 0 Å². The second kappa shape index (κ2) is 6.85. The van der Waals surface area contributed by atoms with Gasteiger partial charge in [0.15, 0.2) is 0 Å². The van der Waals surface area contributed by atoms with Crippen LogP contribution in [0.4, 0.5) is 4.39 Å². The van der Waals surface area contributed by atoms with E-state index in [2.05, 4.69) is 14.9 Å². The first-order valence-corrected chi connectivity index (χ1v) is 7.77. The Balaban J connectivity index is 1.49. The van der Waals surface area contributed by atoms with Gasteiger partial charge in [-0.2, -0.15) is 0 Å². The Morgan fingerprint density at radius 2 is 2.10 bits per heavy atom. The first-order chi connectivity index (χ1) is 10.3. The van der Waals surface area contributed by atoms with Crippen LogP contribution in [0, 0.1) is 5.82 Å². The number of benzene rings is 1. The lowest BCUT2D eigenvalue weighted by atomic mass is 9.94. The van der Waals surface area contributed by atoms with E-state index in [0.717, 1.165) is 19.5 Å². The molecule has 1 aliphatic rings. The van der Waals surface area contributed by atoms with E-state index >= 15 is 0 Å². The number of hydrogen-bond acceptors (Lipinski definition) is 2. The van der Waals surface area contributed by atoms with Crippen molar-refractivity contribution < 1.29 is 4.39 Å². The smallest absolute Gasteiger partial charge is 0.123 e. The van der Waals surface area contributed by atoms with E-state index in [0.29, 0.717) is 12.0 Å². The van der Waals surface area contributed by atoms with E-state index in [-0.39, 0.29) is 5.82 Å². The molecule has 0 aliphatic heterocycles. The zero-order chi connectivity index (χ0) is 14.5. The molecule has 0 bridgehead atoms. The highest BCUT2D eigenvalue weighted by atomic mass is 19.1. The minimum atomic E-state index is -0.151. The van der Waals surface area contributed by atoms with Crippen molar-refractivity contribution in [2.24, 2.45) is 0 Å². The Morgan fingerprint density at radius 3 is 2.86 bits per heavy atom. The lowest BCUT2D eigenvalue weighted by Crippen LogP contribution is -2.32. The Hall–Kier alpha value is -1.68. The van der Waals surface area contributed by atoms with Gasteiger partial charge in [-0.25, -0.2) is 9.37 Å². The van der Waals surface area contributed by atoms with Crippen LogP contribution in [0.3, 0.4) is 0 Å². The van der Waals surface area contributed by atoms with Gasteiger partial charge >= 0.3 is 0 Å². The van der Waals surface area contributed by atoms with E-state index in [9.17, 15) is 4.39 Å². The van der Waals surface area contributed by atoms with Crippen LogP contribution >= 0.6 is 0 Å². The second-order valence-corrected chi connectivity index (χ2v) is 5.80. The van der Waals surface area contributed by atoms with Crippen LogP contribution < -0.4 is 5.32 Å². The molecular weight excluding hydrogens is 265 g/mol. The van der Waals surface area contributed by atoms with Gasteiger partial charge in [0.25, 0.3) is 0 Å². The summed E-state index contributed by atoms with van der Waals surface area (Å²) in [7, 11) is 0. The first kappa shape index (κ1) is 14.3. The molecule has 1 aromatic carbocycles. The molecule has 2 atom stereocenters. The van der Waals surface area contributed by atoms with Crippen LogP contribution in [-0.4, -0.2) is 22.1 Å². The molecule has 3 nitrogen and oxygen atoms in total. The van der Waals surface area contributed by atoms with Gasteiger partial charge in [0, 0.05) is 25.0 Å². The van der Waals surface area contributed by atoms with Gasteiger partial charge < -0.3 is 9.88 Å². The normalized spacial score (nSPS) is 21.8. The van der Waals surface area contributed by atoms with Gasteiger partial charge in [-0.1, -0.05) is 18.6 Å². The molecule has 0 saturated heterocycles. The van der Waals surface area contributed by atoms with E-state index in [1.807, 2.05) is 30.9 Å². The fourth-order valence-corrected chi connectivity index (χ4v) is 3.28. The van der Waals surface area contributed by atoms with Crippen molar-refractivity contribution in [3.05, 3.63) is 54.4 Å². The van der Waals surface area contributed by atoms with Gasteiger partial charge in [-0.3, -0.25) is 0 Å². The van der Waals surface area contributed by atoms with Gasteiger partial charge in [0.05, 0.1) is 6.33 Å². The van der Waals surface area contributed by atoms with Crippen molar-refractivity contribution in [3.8, 4) is 0 Å². The van der Waals surface area contributed by atoms with Crippen molar-refractivity contribution in [1.29, 1.82) is 0 Å². The Morgan fingerprint density at radius 1 is 1.24 bits per heavy atom. The van der Waals surface area contributed by atoms with E-state index in [1.54, 1.807) is 12.1 Å². The molecule has 21 heavy (non-hydrogen) atoms. The van der Waals surface area contributed by atoms with Gasteiger partial charge in [0.1, 0.15) is 5.82 Å². The third-order valence-electron chi connectivity index (χ3n) is 4.37. The fourth-order valence-electron chi connectivity index (χ4n) is 3.28. The first-order valence-electron chi connectivity index (χ1n) is 7.77. The van der Waals surface area contributed by atoms with Crippen LogP contribution in [0.1, 0.15) is 37.2 Å². The summed E-state index contributed by atoms with van der Waals surface area (Å²) in [5, 5.41) is 3.68. The summed E-state index contributed by atoms with van der Waals surface area (Å²) in [6.07, 6.45) is 10.4. The minimum Gasteiger partial charge on any atom is -0.337 e. The predicted molar refractivity (Wildman–Crippen MR) is 81.6 cm³/mol. The highest BCUT2D eigenvalue weighted by Gasteiger charge is 2.27. The number of aromatic nitrogens is 2. The molecule has 3 rings (SSSR count). The summed E-state index contributed by atoms with van der Waals surface area (Å²) in [6.45, 7) is 2.02. The maximum absolute atomic E-state index is 13.0. The SMILES string of the molecule is Fc1ccc([C@@H]2CCC[C@@H]2NCCCn2ccnc2)cc1. The predicted octanol–water partition coefficient (Wildman–Crippen LogP) is 3.34. The molecular formula is C17H22FN3. The van der Waals surface area contributed by atoms with Crippen LogP contribution in [0.25, 0.3) is 0 Å². The zero-order valence-corrected chi connectivity index (χ0v) is 12.2. The third-order valence-corrected chi connectivity index (χ3v) is 4.37. The Bertz CT molecular complexity index is 536. The van der Waals surface area contributed by atoms with Gasteiger partial charge in [0.2, 0.25) is 0 Å². The summed E-state index contributed by atoms with van der Waals surface area (Å²) in [6, 6.07) is 7.54. The molecule has 1 heterocycles. The Labute approximate surface area is 125 Å². The van der Waals surface area contributed by atoms with E-state index < -0.39 is 0 Å². The summed E-state index contributed by atoms with van der Waals surface area (Å²) in [5.74, 6) is 0.375. The van der Waals surface area contributed by atoms with Crippen molar-refractivity contribution in [2.45, 2.75) is 44.2 Å². The Kier molecular flexibility index (Phi) is 4.65. The molecule has 2 aromatic rings. The maximum atomic E-state index is 13.0. The molecule has 1 fully saturated rings. The topological polar surface area (TPSA) is 29.9 Å². The average Bonchev–Trinajstić information content (AvgIpc) is 3.16. The molecule has 1 saturated carbocycles. The zero-order valence-electron chi connectivity index (χ0n) is 12.2. The number of hydrogen-bond donors (Lipinski definition) is 1. The van der Waals surface area contributed by atoms with Crippen molar-refractivity contribution in [3.63, 3.8) is 0 Å². The lowest BCUT2D eigenvalue weighted by Gasteiger charge is -2.21. The van der Waals surface area contributed by atoms with Crippen molar-refractivity contribution in [1.82, 2.24) is 14.9 Å². The largest absolute Gasteiger partial charge is 0.337 e. The van der Waals surface area contributed by atoms with E-state index in [1.165, 1.54) is 24.8 Å². The molecule has 1 N–H and O–H groups in total. The number of nitrogens with one attached hydrogen (secondary N) is 1. The molecule has 112 valence electrons. The monoisotopic (exact) mass is 287 g/mol. The molecule has 0 spiro atoms. The summed E-state index contributed by atoms with van der Waals surface area (Å²) >= 11 is 0. The van der Waals surface area contributed by atoms with Crippen molar-refractivity contribution in [2.75, 3.05) is 6.54 Å². The van der Waals surface area contributed by atoms with Crippen molar-refractivity contribution >= 4 is 0 Å². The van der Waals surface area contributed by atoms with Gasteiger partial charge in [-0.05, 0) is 49.4 Å². The second-order valence-electron chi connectivity index (χ2n) is 5.80. The molecule has 1 aliphatic carbocycles.